The molecule has 156 valence electrons. The Hall–Kier alpha value is -2.99. The lowest BCUT2D eigenvalue weighted by Crippen LogP contribution is -2.35. The molecule has 1 saturated heterocycles. The van der Waals surface area contributed by atoms with Crippen molar-refractivity contribution in [3.63, 3.8) is 0 Å². The zero-order valence-corrected chi connectivity index (χ0v) is 17.4. The molecule has 0 unspecified atom stereocenters. The molecule has 6 heteroatoms. The SMILES string of the molecule is CC1CCN(CCCNC(=O)c2ccc(-c3nnc(-c4ccccc4)o3)cc2)CC1. The number of carbonyl (C=O) groups excluding carboxylic acids is 1. The molecule has 1 aliphatic rings. The van der Waals surface area contributed by atoms with Gasteiger partial charge in [0.05, 0.1) is 0 Å². The largest absolute Gasteiger partial charge is 0.416 e. The van der Waals surface area contributed by atoms with Gasteiger partial charge in [0.25, 0.3) is 5.91 Å². The van der Waals surface area contributed by atoms with Crippen molar-refractivity contribution in [1.29, 1.82) is 0 Å². The molecule has 4 rings (SSSR count). The van der Waals surface area contributed by atoms with Gasteiger partial charge in [0.2, 0.25) is 11.8 Å². The summed E-state index contributed by atoms with van der Waals surface area (Å²) in [7, 11) is 0. The van der Waals surface area contributed by atoms with E-state index in [1.54, 1.807) is 12.1 Å². The fourth-order valence-electron chi connectivity index (χ4n) is 3.69. The molecule has 3 aromatic rings. The molecule has 0 spiro atoms. The van der Waals surface area contributed by atoms with Crippen LogP contribution >= 0.6 is 0 Å². The maximum absolute atomic E-state index is 12.4. The molecule has 2 aromatic carbocycles. The molecule has 0 saturated carbocycles. The van der Waals surface area contributed by atoms with E-state index in [2.05, 4.69) is 27.3 Å². The molecule has 0 aliphatic carbocycles. The summed E-state index contributed by atoms with van der Waals surface area (Å²) in [4.78, 5) is 14.9. The lowest BCUT2D eigenvalue weighted by atomic mass is 9.99. The normalized spacial score (nSPS) is 15.2. The molecular weight excluding hydrogens is 376 g/mol. The molecule has 0 radical (unpaired) electrons. The summed E-state index contributed by atoms with van der Waals surface area (Å²) < 4.78 is 5.77. The molecule has 0 atom stereocenters. The second-order valence-electron chi connectivity index (χ2n) is 7.99. The van der Waals surface area contributed by atoms with Crippen molar-refractivity contribution in [3.05, 3.63) is 60.2 Å². The Morgan fingerprint density at radius 1 is 1.00 bits per heavy atom. The topological polar surface area (TPSA) is 71.3 Å². The molecule has 1 fully saturated rings. The third-order valence-corrected chi connectivity index (χ3v) is 5.65. The van der Waals surface area contributed by atoms with Gasteiger partial charge in [-0.2, -0.15) is 0 Å². The molecule has 0 bridgehead atoms. The van der Waals surface area contributed by atoms with Gasteiger partial charge in [-0.15, -0.1) is 10.2 Å². The van der Waals surface area contributed by atoms with E-state index in [-0.39, 0.29) is 5.91 Å². The van der Waals surface area contributed by atoms with Crippen molar-refractivity contribution in [2.75, 3.05) is 26.2 Å². The van der Waals surface area contributed by atoms with Crippen LogP contribution in [0.25, 0.3) is 22.9 Å². The van der Waals surface area contributed by atoms with Gasteiger partial charge in [0.15, 0.2) is 0 Å². The van der Waals surface area contributed by atoms with Crippen molar-refractivity contribution >= 4 is 5.91 Å². The Balaban J connectivity index is 1.27. The molecule has 6 nitrogen and oxygen atoms in total. The summed E-state index contributed by atoms with van der Waals surface area (Å²) in [6.07, 6.45) is 3.54. The molecule has 1 aliphatic heterocycles. The maximum atomic E-state index is 12.4. The number of nitrogens with zero attached hydrogens (tertiary/aromatic N) is 3. The van der Waals surface area contributed by atoms with Crippen LogP contribution in [0.5, 0.6) is 0 Å². The van der Waals surface area contributed by atoms with Crippen LogP contribution in [0.15, 0.2) is 59.0 Å². The van der Waals surface area contributed by atoms with E-state index >= 15 is 0 Å². The highest BCUT2D eigenvalue weighted by Gasteiger charge is 2.15. The quantitative estimate of drug-likeness (QED) is 0.596. The van der Waals surface area contributed by atoms with Gasteiger partial charge in [0.1, 0.15) is 0 Å². The molecule has 1 aromatic heterocycles. The summed E-state index contributed by atoms with van der Waals surface area (Å²) in [6.45, 7) is 6.42. The molecule has 2 heterocycles. The van der Waals surface area contributed by atoms with Gasteiger partial charge in [-0.3, -0.25) is 4.79 Å². The molecule has 30 heavy (non-hydrogen) atoms. The number of carbonyl (C=O) groups is 1. The highest BCUT2D eigenvalue weighted by molar-refractivity contribution is 5.94. The Morgan fingerprint density at radius 3 is 2.30 bits per heavy atom. The first-order valence-electron chi connectivity index (χ1n) is 10.7. The Bertz CT molecular complexity index is 945. The van der Waals surface area contributed by atoms with E-state index in [9.17, 15) is 4.79 Å². The minimum absolute atomic E-state index is 0.0516. The average Bonchev–Trinajstić information content (AvgIpc) is 3.29. The van der Waals surface area contributed by atoms with E-state index in [0.29, 0.717) is 23.9 Å². The molecule has 1 amide bonds. The summed E-state index contributed by atoms with van der Waals surface area (Å²) in [5.74, 6) is 1.72. The fraction of sp³-hybridized carbons (Fsp3) is 0.375. The number of hydrogen-bond acceptors (Lipinski definition) is 5. The van der Waals surface area contributed by atoms with E-state index in [4.69, 9.17) is 4.42 Å². The van der Waals surface area contributed by atoms with Crippen molar-refractivity contribution in [3.8, 4) is 22.9 Å². The van der Waals surface area contributed by atoms with E-state index in [0.717, 1.165) is 30.0 Å². The van der Waals surface area contributed by atoms with Gasteiger partial charge in [-0.05, 0) is 81.2 Å². The maximum Gasteiger partial charge on any atom is 0.251 e. The van der Waals surface area contributed by atoms with Crippen molar-refractivity contribution < 1.29 is 9.21 Å². The van der Waals surface area contributed by atoms with Crippen LogP contribution in [0.3, 0.4) is 0 Å². The van der Waals surface area contributed by atoms with Gasteiger partial charge in [-0.1, -0.05) is 25.1 Å². The smallest absolute Gasteiger partial charge is 0.251 e. The monoisotopic (exact) mass is 404 g/mol. The zero-order valence-electron chi connectivity index (χ0n) is 17.4. The van der Waals surface area contributed by atoms with Gasteiger partial charge in [-0.25, -0.2) is 0 Å². The second-order valence-corrected chi connectivity index (χ2v) is 7.99. The van der Waals surface area contributed by atoms with Crippen molar-refractivity contribution in [1.82, 2.24) is 20.4 Å². The number of likely N-dealkylation sites (tertiary alicyclic amines) is 1. The Morgan fingerprint density at radius 2 is 1.63 bits per heavy atom. The van der Waals surface area contributed by atoms with Crippen LogP contribution in [0.4, 0.5) is 0 Å². The van der Waals surface area contributed by atoms with E-state index < -0.39 is 0 Å². The Kier molecular flexibility index (Phi) is 6.54. The van der Waals surface area contributed by atoms with Crippen LogP contribution in [0.1, 0.15) is 36.5 Å². The van der Waals surface area contributed by atoms with E-state index in [1.165, 1.54) is 25.9 Å². The number of amides is 1. The van der Waals surface area contributed by atoms with Crippen LogP contribution < -0.4 is 5.32 Å². The number of piperidine rings is 1. The standard InChI is InChI=1S/C24H28N4O2/c1-18-12-16-28(17-13-18)15-5-14-25-22(29)19-8-10-21(11-9-19)24-27-26-23(30-24)20-6-3-2-4-7-20/h2-4,6-11,18H,5,12-17H2,1H3,(H,25,29). The summed E-state index contributed by atoms with van der Waals surface area (Å²) in [6, 6.07) is 16.9. The number of rotatable bonds is 7. The highest BCUT2D eigenvalue weighted by Crippen LogP contribution is 2.24. The van der Waals surface area contributed by atoms with Crippen molar-refractivity contribution in [2.24, 2.45) is 5.92 Å². The van der Waals surface area contributed by atoms with Crippen LogP contribution in [-0.2, 0) is 0 Å². The lowest BCUT2D eigenvalue weighted by Gasteiger charge is -2.30. The van der Waals surface area contributed by atoms with Crippen LogP contribution in [0, 0.1) is 5.92 Å². The predicted octanol–water partition coefficient (Wildman–Crippen LogP) is 4.26. The predicted molar refractivity (Wildman–Crippen MR) is 117 cm³/mol. The summed E-state index contributed by atoms with van der Waals surface area (Å²) >= 11 is 0. The highest BCUT2D eigenvalue weighted by atomic mass is 16.4. The first kappa shape index (κ1) is 20.3. The fourth-order valence-corrected chi connectivity index (χ4v) is 3.69. The number of hydrogen-bond donors (Lipinski definition) is 1. The van der Waals surface area contributed by atoms with Crippen LogP contribution in [0.2, 0.25) is 0 Å². The van der Waals surface area contributed by atoms with Gasteiger partial charge < -0.3 is 14.6 Å². The minimum atomic E-state index is -0.0516. The lowest BCUT2D eigenvalue weighted by molar-refractivity contribution is 0.0950. The average molecular weight is 405 g/mol. The summed E-state index contributed by atoms with van der Waals surface area (Å²) in [5, 5.41) is 11.3. The first-order chi connectivity index (χ1) is 14.7. The Labute approximate surface area is 177 Å². The first-order valence-corrected chi connectivity index (χ1v) is 10.7. The molecular formula is C24H28N4O2. The third kappa shape index (κ3) is 5.13. The summed E-state index contributed by atoms with van der Waals surface area (Å²) in [5.41, 5.74) is 2.31. The zero-order chi connectivity index (χ0) is 20.8. The van der Waals surface area contributed by atoms with Gasteiger partial charge >= 0.3 is 0 Å². The van der Waals surface area contributed by atoms with Gasteiger partial charge in [0, 0.05) is 23.2 Å². The third-order valence-electron chi connectivity index (χ3n) is 5.65. The van der Waals surface area contributed by atoms with E-state index in [1.807, 2.05) is 42.5 Å². The number of nitrogens with one attached hydrogen (secondary N) is 1. The van der Waals surface area contributed by atoms with Crippen molar-refractivity contribution in [2.45, 2.75) is 26.2 Å². The minimum Gasteiger partial charge on any atom is -0.416 e. The number of benzene rings is 2. The van der Waals surface area contributed by atoms with Crippen LogP contribution in [-0.4, -0.2) is 47.2 Å². The molecule has 1 N–H and O–H groups in total. The second kappa shape index (κ2) is 9.67. The number of aromatic nitrogens is 2.